The summed E-state index contributed by atoms with van der Waals surface area (Å²) in [5.74, 6) is 1.31. The predicted molar refractivity (Wildman–Crippen MR) is 145 cm³/mol. The third kappa shape index (κ3) is 5.04. The lowest BCUT2D eigenvalue weighted by molar-refractivity contribution is 0.0947. The second-order valence-electron chi connectivity index (χ2n) is 9.82. The van der Waals surface area contributed by atoms with Gasteiger partial charge in [0, 0.05) is 43.6 Å². The van der Waals surface area contributed by atoms with Crippen molar-refractivity contribution in [3.8, 4) is 28.2 Å². The molecule has 1 aliphatic heterocycles. The first kappa shape index (κ1) is 24.8. The van der Waals surface area contributed by atoms with Gasteiger partial charge in [-0.2, -0.15) is 0 Å². The molecule has 2 aromatic heterocycles. The van der Waals surface area contributed by atoms with Gasteiger partial charge in [0.15, 0.2) is 11.5 Å². The summed E-state index contributed by atoms with van der Waals surface area (Å²) < 4.78 is 14.6. The number of aryl methyl sites for hydroxylation is 1. The highest BCUT2D eigenvalue weighted by molar-refractivity contribution is 6.02. The van der Waals surface area contributed by atoms with E-state index >= 15 is 0 Å². The number of nitrogens with one attached hydrogen (secondary N) is 2. The first-order valence-electron chi connectivity index (χ1n) is 13.0. The second-order valence-corrected chi connectivity index (χ2v) is 9.82. The van der Waals surface area contributed by atoms with Crippen LogP contribution in [-0.4, -0.2) is 28.7 Å². The minimum atomic E-state index is -0.252. The maximum absolute atomic E-state index is 13.1. The minimum Gasteiger partial charge on any atom is -0.488 e. The highest BCUT2D eigenvalue weighted by Crippen LogP contribution is 2.42. The number of amides is 1. The van der Waals surface area contributed by atoms with Gasteiger partial charge in [-0.15, -0.1) is 0 Å². The van der Waals surface area contributed by atoms with Crippen molar-refractivity contribution < 1.29 is 14.1 Å². The normalized spacial score (nSPS) is 13.0. The molecule has 192 valence electrons. The zero-order chi connectivity index (χ0) is 25.9. The molecule has 3 heterocycles. The van der Waals surface area contributed by atoms with Gasteiger partial charge in [0.25, 0.3) is 5.91 Å². The van der Waals surface area contributed by atoms with Crippen LogP contribution in [0.15, 0.2) is 59.3 Å². The average Bonchev–Trinajstić information content (AvgIpc) is 3.52. The molecule has 0 saturated heterocycles. The summed E-state index contributed by atoms with van der Waals surface area (Å²) in [6.07, 6.45) is 2.09. The van der Waals surface area contributed by atoms with Crippen LogP contribution >= 0.6 is 0 Å². The minimum absolute atomic E-state index is 0.252. The molecule has 7 nitrogen and oxygen atoms in total. The van der Waals surface area contributed by atoms with Crippen molar-refractivity contribution in [2.24, 2.45) is 0 Å². The molecule has 0 bridgehead atoms. The van der Waals surface area contributed by atoms with E-state index in [4.69, 9.17) is 9.26 Å². The van der Waals surface area contributed by atoms with Crippen molar-refractivity contribution in [1.82, 2.24) is 20.4 Å². The van der Waals surface area contributed by atoms with Crippen LogP contribution in [0.5, 0.6) is 5.75 Å². The van der Waals surface area contributed by atoms with Gasteiger partial charge in [0.1, 0.15) is 12.4 Å². The molecule has 1 amide bonds. The molecule has 0 atom stereocenters. The first-order valence-corrected chi connectivity index (χ1v) is 13.0. The van der Waals surface area contributed by atoms with E-state index in [2.05, 4.69) is 65.5 Å². The lowest BCUT2D eigenvalue weighted by atomic mass is 9.92. The Morgan fingerprint density at radius 3 is 2.76 bits per heavy atom. The SMILES string of the molecule is CCNC(=O)c1noc(-c2cc(C(C)C)c(C)cc2OCc2ccccc2)c1-c1cc2n(c1)CCNC2. The van der Waals surface area contributed by atoms with E-state index < -0.39 is 0 Å². The predicted octanol–water partition coefficient (Wildman–Crippen LogP) is 5.67. The number of benzene rings is 2. The Balaban J connectivity index is 1.67. The number of carbonyl (C=O) groups is 1. The maximum Gasteiger partial charge on any atom is 0.274 e. The largest absolute Gasteiger partial charge is 0.488 e. The molecule has 37 heavy (non-hydrogen) atoms. The van der Waals surface area contributed by atoms with Gasteiger partial charge in [0.05, 0.1) is 11.1 Å². The summed E-state index contributed by atoms with van der Waals surface area (Å²) in [5, 5.41) is 10.6. The van der Waals surface area contributed by atoms with E-state index in [0.717, 1.165) is 41.9 Å². The van der Waals surface area contributed by atoms with Gasteiger partial charge in [-0.1, -0.05) is 49.3 Å². The van der Waals surface area contributed by atoms with Crippen molar-refractivity contribution in [3.05, 3.63) is 82.8 Å². The molecule has 1 aliphatic rings. The van der Waals surface area contributed by atoms with Crippen LogP contribution in [-0.2, 0) is 19.7 Å². The van der Waals surface area contributed by atoms with Gasteiger partial charge in [-0.3, -0.25) is 4.79 Å². The topological polar surface area (TPSA) is 81.3 Å². The van der Waals surface area contributed by atoms with Crippen LogP contribution in [0.4, 0.5) is 0 Å². The van der Waals surface area contributed by atoms with E-state index in [1.807, 2.05) is 37.3 Å². The molecule has 0 unspecified atom stereocenters. The van der Waals surface area contributed by atoms with Gasteiger partial charge in [0.2, 0.25) is 0 Å². The Bertz CT molecular complexity index is 1380. The van der Waals surface area contributed by atoms with E-state index in [-0.39, 0.29) is 11.6 Å². The fraction of sp³-hybridized carbons (Fsp3) is 0.333. The lowest BCUT2D eigenvalue weighted by Crippen LogP contribution is -2.27. The molecule has 7 heteroatoms. The number of hydrogen-bond donors (Lipinski definition) is 2. The van der Waals surface area contributed by atoms with Crippen LogP contribution in [0.3, 0.4) is 0 Å². The zero-order valence-corrected chi connectivity index (χ0v) is 21.9. The summed E-state index contributed by atoms with van der Waals surface area (Å²) in [5.41, 5.74) is 7.28. The fourth-order valence-electron chi connectivity index (χ4n) is 4.96. The van der Waals surface area contributed by atoms with Crippen molar-refractivity contribution in [2.45, 2.75) is 53.3 Å². The molecule has 0 saturated carbocycles. The van der Waals surface area contributed by atoms with Gasteiger partial charge in [-0.05, 0) is 54.7 Å². The van der Waals surface area contributed by atoms with E-state index in [0.29, 0.717) is 36.1 Å². The van der Waals surface area contributed by atoms with Crippen molar-refractivity contribution in [2.75, 3.05) is 13.1 Å². The van der Waals surface area contributed by atoms with Crippen molar-refractivity contribution >= 4 is 5.91 Å². The second kappa shape index (κ2) is 10.6. The number of ether oxygens (including phenoxy) is 1. The Morgan fingerprint density at radius 1 is 1.22 bits per heavy atom. The lowest BCUT2D eigenvalue weighted by Gasteiger charge is -2.17. The van der Waals surface area contributed by atoms with Gasteiger partial charge in [-0.25, -0.2) is 0 Å². The molecule has 0 spiro atoms. The Labute approximate surface area is 217 Å². The number of nitrogens with zero attached hydrogens (tertiary/aromatic N) is 2. The summed E-state index contributed by atoms with van der Waals surface area (Å²) in [6.45, 7) is 11.8. The Morgan fingerprint density at radius 2 is 2.03 bits per heavy atom. The molecule has 0 fully saturated rings. The molecular weight excluding hydrogens is 464 g/mol. The van der Waals surface area contributed by atoms with Crippen LogP contribution in [0, 0.1) is 6.92 Å². The number of rotatable bonds is 8. The smallest absolute Gasteiger partial charge is 0.274 e. The summed E-state index contributed by atoms with van der Waals surface area (Å²) in [4.78, 5) is 13.1. The first-order chi connectivity index (χ1) is 18.0. The highest BCUT2D eigenvalue weighted by Gasteiger charge is 2.28. The van der Waals surface area contributed by atoms with Crippen LogP contribution in [0.2, 0.25) is 0 Å². The van der Waals surface area contributed by atoms with Crippen LogP contribution in [0.1, 0.15) is 59.6 Å². The van der Waals surface area contributed by atoms with E-state index in [1.165, 1.54) is 11.3 Å². The van der Waals surface area contributed by atoms with E-state index in [1.54, 1.807) is 0 Å². The van der Waals surface area contributed by atoms with Crippen molar-refractivity contribution in [3.63, 3.8) is 0 Å². The van der Waals surface area contributed by atoms with Crippen LogP contribution in [0.25, 0.3) is 22.5 Å². The molecule has 0 aliphatic carbocycles. The number of carbonyl (C=O) groups excluding carboxylic acids is 1. The molecule has 4 aromatic rings. The number of hydrogen-bond acceptors (Lipinski definition) is 5. The summed E-state index contributed by atoms with van der Waals surface area (Å²) in [6, 6.07) is 16.4. The number of aromatic nitrogens is 2. The molecule has 2 N–H and O–H groups in total. The maximum atomic E-state index is 13.1. The van der Waals surface area contributed by atoms with Crippen molar-refractivity contribution in [1.29, 1.82) is 0 Å². The molecule has 0 radical (unpaired) electrons. The molecular formula is C30H34N4O3. The zero-order valence-electron chi connectivity index (χ0n) is 21.9. The standard InChI is InChI=1S/C30H34N4O3/c1-5-32-30(35)28-27(22-14-23-16-31-11-12-34(23)17-22)29(37-33-28)25-15-24(19(2)3)20(4)13-26(25)36-18-21-9-7-6-8-10-21/h6-10,13-15,17,19,31H,5,11-12,16,18H2,1-4H3,(H,32,35). The monoisotopic (exact) mass is 498 g/mol. The molecule has 2 aromatic carbocycles. The van der Waals surface area contributed by atoms with Gasteiger partial charge >= 0.3 is 0 Å². The highest BCUT2D eigenvalue weighted by atomic mass is 16.5. The quantitative estimate of drug-likeness (QED) is 0.327. The fourth-order valence-corrected chi connectivity index (χ4v) is 4.96. The summed E-state index contributed by atoms with van der Waals surface area (Å²) in [7, 11) is 0. The van der Waals surface area contributed by atoms with Crippen LogP contribution < -0.4 is 15.4 Å². The van der Waals surface area contributed by atoms with Gasteiger partial charge < -0.3 is 24.5 Å². The number of fused-ring (bicyclic) bond motifs is 1. The van der Waals surface area contributed by atoms with E-state index in [9.17, 15) is 4.79 Å². The Hall–Kier alpha value is -3.84. The Kier molecular flexibility index (Phi) is 7.15. The summed E-state index contributed by atoms with van der Waals surface area (Å²) >= 11 is 0. The third-order valence-electron chi connectivity index (χ3n) is 6.83. The third-order valence-corrected chi connectivity index (χ3v) is 6.83. The molecule has 5 rings (SSSR count). The average molecular weight is 499 g/mol.